The van der Waals surface area contributed by atoms with Crippen LogP contribution in [0.3, 0.4) is 0 Å². The van der Waals surface area contributed by atoms with Gasteiger partial charge in [-0.05, 0) is 38.3 Å². The zero-order chi connectivity index (χ0) is 13.7. The minimum Gasteiger partial charge on any atom is -0.507 e. The topological polar surface area (TPSA) is 61.7 Å². The maximum Gasteiger partial charge on any atom is 0.243 e. The lowest BCUT2D eigenvalue weighted by molar-refractivity contribution is -0.125. The molecule has 1 aliphatic carbocycles. The van der Waals surface area contributed by atoms with E-state index in [1.807, 2.05) is 0 Å². The third kappa shape index (κ3) is 3.68. The van der Waals surface area contributed by atoms with Crippen molar-refractivity contribution in [1.29, 1.82) is 0 Å². The van der Waals surface area contributed by atoms with Crippen molar-refractivity contribution in [1.82, 2.24) is 5.43 Å². The molecule has 0 saturated carbocycles. The van der Waals surface area contributed by atoms with Gasteiger partial charge in [-0.3, -0.25) is 4.79 Å². The van der Waals surface area contributed by atoms with Gasteiger partial charge in [-0.2, -0.15) is 5.10 Å². The van der Waals surface area contributed by atoms with Gasteiger partial charge in [0, 0.05) is 11.5 Å². The summed E-state index contributed by atoms with van der Waals surface area (Å²) in [6.07, 6.45) is 6.20. The zero-order valence-corrected chi connectivity index (χ0v) is 11.0. The number of aromatic hydroxyl groups is 1. The summed E-state index contributed by atoms with van der Waals surface area (Å²) in [4.78, 5) is 11.9. The fourth-order valence-corrected chi connectivity index (χ4v) is 2.06. The van der Waals surface area contributed by atoms with Crippen LogP contribution in [0.5, 0.6) is 5.75 Å². The van der Waals surface area contributed by atoms with Crippen LogP contribution < -0.4 is 5.43 Å². The molecule has 0 radical (unpaired) electrons. The molecule has 0 aromatic heterocycles. The number of phenols is 1. The number of allylic oxidation sites excluding steroid dienone is 2. The van der Waals surface area contributed by atoms with Gasteiger partial charge in [-0.25, -0.2) is 5.43 Å². The molecule has 19 heavy (non-hydrogen) atoms. The molecule has 0 saturated heterocycles. The molecule has 1 atom stereocenters. The molecule has 4 heteroatoms. The lowest BCUT2D eigenvalue weighted by atomic mass is 9.90. The van der Waals surface area contributed by atoms with E-state index in [0.29, 0.717) is 5.56 Å². The summed E-state index contributed by atoms with van der Waals surface area (Å²) >= 11 is 0. The highest BCUT2D eigenvalue weighted by Gasteiger charge is 2.19. The second-order valence-electron chi connectivity index (χ2n) is 4.81. The Balaban J connectivity index is 1.89. The first-order chi connectivity index (χ1) is 9.16. The van der Waals surface area contributed by atoms with Crippen LogP contribution in [0.1, 0.15) is 31.7 Å². The second kappa shape index (κ2) is 6.18. The summed E-state index contributed by atoms with van der Waals surface area (Å²) in [5.74, 6) is 0.0948. The Kier molecular flexibility index (Phi) is 4.34. The van der Waals surface area contributed by atoms with Crippen LogP contribution in [0, 0.1) is 5.92 Å². The number of phenolic OH excluding ortho intramolecular Hbond substituents is 1. The fraction of sp³-hybridized carbons (Fsp3) is 0.333. The van der Waals surface area contributed by atoms with Gasteiger partial charge in [0.2, 0.25) is 5.91 Å². The van der Waals surface area contributed by atoms with Crippen LogP contribution in [-0.4, -0.2) is 17.2 Å². The molecule has 0 spiro atoms. The lowest BCUT2D eigenvalue weighted by Gasteiger charge is -2.18. The number of nitrogens with zero attached hydrogens (tertiary/aromatic N) is 1. The van der Waals surface area contributed by atoms with Crippen LogP contribution >= 0.6 is 0 Å². The number of benzene rings is 1. The van der Waals surface area contributed by atoms with Crippen molar-refractivity contribution >= 4 is 12.1 Å². The lowest BCUT2D eigenvalue weighted by Crippen LogP contribution is -2.27. The molecule has 0 aliphatic heterocycles. The molecule has 100 valence electrons. The number of para-hydroxylation sites is 1. The Labute approximate surface area is 112 Å². The SMILES string of the molecule is CC1=CC[C@H](C(=O)N/N=C\c2ccccc2O)CC1. The number of carbonyl (C=O) groups excluding carboxylic acids is 1. The van der Waals surface area contributed by atoms with Gasteiger partial charge in [-0.1, -0.05) is 23.8 Å². The number of amides is 1. The van der Waals surface area contributed by atoms with Crippen molar-refractivity contribution < 1.29 is 9.90 Å². The number of hydrogen-bond donors (Lipinski definition) is 2. The van der Waals surface area contributed by atoms with Crippen LogP contribution in [0.15, 0.2) is 41.0 Å². The second-order valence-corrected chi connectivity index (χ2v) is 4.81. The predicted octanol–water partition coefficient (Wildman–Crippen LogP) is 2.59. The van der Waals surface area contributed by atoms with E-state index in [9.17, 15) is 9.90 Å². The third-order valence-electron chi connectivity index (χ3n) is 3.32. The molecule has 1 amide bonds. The average Bonchev–Trinajstić information content (AvgIpc) is 2.41. The summed E-state index contributed by atoms with van der Waals surface area (Å²) < 4.78 is 0. The first kappa shape index (κ1) is 13.3. The first-order valence-electron chi connectivity index (χ1n) is 6.43. The minimum atomic E-state index is -0.0598. The van der Waals surface area contributed by atoms with Gasteiger partial charge in [0.05, 0.1) is 6.21 Å². The summed E-state index contributed by atoms with van der Waals surface area (Å²) in [6, 6.07) is 6.86. The fourth-order valence-electron chi connectivity index (χ4n) is 2.06. The van der Waals surface area contributed by atoms with Gasteiger partial charge in [0.1, 0.15) is 5.75 Å². The Morgan fingerprint density at radius 2 is 2.26 bits per heavy atom. The number of rotatable bonds is 3. The van der Waals surface area contributed by atoms with E-state index in [1.54, 1.807) is 24.3 Å². The molecule has 1 aromatic rings. The maximum atomic E-state index is 11.9. The van der Waals surface area contributed by atoms with Crippen molar-refractivity contribution in [3.8, 4) is 5.75 Å². The van der Waals surface area contributed by atoms with Crippen molar-refractivity contribution in [3.05, 3.63) is 41.5 Å². The monoisotopic (exact) mass is 258 g/mol. The molecule has 1 aromatic carbocycles. The Bertz CT molecular complexity index is 521. The molecule has 0 bridgehead atoms. The molecular weight excluding hydrogens is 240 g/mol. The number of hydrogen-bond acceptors (Lipinski definition) is 3. The summed E-state index contributed by atoms with van der Waals surface area (Å²) in [5.41, 5.74) is 4.47. The van der Waals surface area contributed by atoms with Crippen molar-refractivity contribution in [2.24, 2.45) is 11.0 Å². The van der Waals surface area contributed by atoms with Gasteiger partial charge in [-0.15, -0.1) is 0 Å². The maximum absolute atomic E-state index is 11.9. The standard InChI is InChI=1S/C15H18N2O2/c1-11-6-8-12(9-7-11)15(19)17-16-10-13-4-2-3-5-14(13)18/h2-6,10,12,18H,7-9H2,1H3,(H,17,19)/b16-10-/t12-/m0/s1. The summed E-state index contributed by atoms with van der Waals surface area (Å²) in [5, 5.41) is 13.4. The van der Waals surface area contributed by atoms with E-state index in [4.69, 9.17) is 0 Å². The van der Waals surface area contributed by atoms with E-state index in [1.165, 1.54) is 11.8 Å². The molecule has 0 heterocycles. The van der Waals surface area contributed by atoms with Gasteiger partial charge >= 0.3 is 0 Å². The minimum absolute atomic E-state index is 0.00483. The van der Waals surface area contributed by atoms with Gasteiger partial charge < -0.3 is 5.11 Å². The van der Waals surface area contributed by atoms with E-state index in [0.717, 1.165) is 19.3 Å². The van der Waals surface area contributed by atoms with E-state index in [-0.39, 0.29) is 17.6 Å². The van der Waals surface area contributed by atoms with Crippen molar-refractivity contribution in [3.63, 3.8) is 0 Å². The Morgan fingerprint density at radius 1 is 1.47 bits per heavy atom. The van der Waals surface area contributed by atoms with E-state index >= 15 is 0 Å². The largest absolute Gasteiger partial charge is 0.507 e. The van der Waals surface area contributed by atoms with E-state index in [2.05, 4.69) is 23.5 Å². The first-order valence-corrected chi connectivity index (χ1v) is 6.43. The molecule has 2 rings (SSSR count). The summed E-state index contributed by atoms with van der Waals surface area (Å²) in [7, 11) is 0. The Morgan fingerprint density at radius 3 is 2.95 bits per heavy atom. The molecule has 4 nitrogen and oxygen atoms in total. The number of hydrazone groups is 1. The number of nitrogens with one attached hydrogen (secondary N) is 1. The van der Waals surface area contributed by atoms with Gasteiger partial charge in [0.15, 0.2) is 0 Å². The predicted molar refractivity (Wildman–Crippen MR) is 74.9 cm³/mol. The Hall–Kier alpha value is -2.10. The molecule has 0 unspecified atom stereocenters. The van der Waals surface area contributed by atoms with Crippen LogP contribution in [-0.2, 0) is 4.79 Å². The quantitative estimate of drug-likeness (QED) is 0.497. The highest BCUT2D eigenvalue weighted by molar-refractivity contribution is 5.85. The smallest absolute Gasteiger partial charge is 0.243 e. The normalized spacial score (nSPS) is 19.2. The molecule has 0 fully saturated rings. The highest BCUT2D eigenvalue weighted by atomic mass is 16.3. The van der Waals surface area contributed by atoms with Crippen LogP contribution in [0.2, 0.25) is 0 Å². The van der Waals surface area contributed by atoms with Crippen LogP contribution in [0.25, 0.3) is 0 Å². The number of carbonyl (C=O) groups is 1. The third-order valence-corrected chi connectivity index (χ3v) is 3.32. The molecular formula is C15H18N2O2. The van der Waals surface area contributed by atoms with E-state index < -0.39 is 0 Å². The van der Waals surface area contributed by atoms with Crippen molar-refractivity contribution in [2.45, 2.75) is 26.2 Å². The highest BCUT2D eigenvalue weighted by Crippen LogP contribution is 2.23. The average molecular weight is 258 g/mol. The van der Waals surface area contributed by atoms with Gasteiger partial charge in [0.25, 0.3) is 0 Å². The summed E-state index contributed by atoms with van der Waals surface area (Å²) in [6.45, 7) is 2.09. The van der Waals surface area contributed by atoms with Crippen LogP contribution in [0.4, 0.5) is 0 Å². The zero-order valence-electron chi connectivity index (χ0n) is 11.0. The molecule has 2 N–H and O–H groups in total. The molecule has 1 aliphatic rings. The van der Waals surface area contributed by atoms with Crippen molar-refractivity contribution in [2.75, 3.05) is 0 Å².